The Morgan fingerprint density at radius 2 is 2.12 bits per heavy atom. The second-order valence-corrected chi connectivity index (χ2v) is 4.69. The Morgan fingerprint density at radius 3 is 2.65 bits per heavy atom. The maximum absolute atomic E-state index is 12.7. The van der Waals surface area contributed by atoms with Crippen LogP contribution in [0.2, 0.25) is 0 Å². The lowest BCUT2D eigenvalue weighted by atomic mass is 10.2. The Hall–Kier alpha value is -0.970. The van der Waals surface area contributed by atoms with Crippen LogP contribution in [0.5, 0.6) is 0 Å². The SMILES string of the molecule is CCCn1ccc(CNC2(C(F)(F)F)CC2)c1. The highest BCUT2D eigenvalue weighted by Gasteiger charge is 2.62. The van der Waals surface area contributed by atoms with Crippen molar-refractivity contribution in [1.82, 2.24) is 9.88 Å². The molecular weight excluding hydrogens is 229 g/mol. The molecule has 2 rings (SSSR count). The van der Waals surface area contributed by atoms with Gasteiger partial charge in [0.15, 0.2) is 0 Å². The quantitative estimate of drug-likeness (QED) is 0.844. The fraction of sp³-hybridized carbons (Fsp3) is 0.667. The standard InChI is InChI=1S/C12H17F3N2/c1-2-6-17-7-3-10(9-17)8-16-11(4-5-11)12(13,14)15/h3,7,9,16H,2,4-6,8H2,1H3. The molecule has 0 spiro atoms. The van der Waals surface area contributed by atoms with Gasteiger partial charge in [-0.15, -0.1) is 0 Å². The highest BCUT2D eigenvalue weighted by Crippen LogP contribution is 2.49. The Bertz CT molecular complexity index is 377. The Kier molecular flexibility index (Phi) is 3.21. The van der Waals surface area contributed by atoms with Crippen molar-refractivity contribution in [3.05, 3.63) is 24.0 Å². The molecule has 5 heteroatoms. The van der Waals surface area contributed by atoms with Gasteiger partial charge in [0, 0.05) is 25.5 Å². The van der Waals surface area contributed by atoms with Crippen molar-refractivity contribution in [2.24, 2.45) is 0 Å². The van der Waals surface area contributed by atoms with Crippen LogP contribution >= 0.6 is 0 Å². The molecule has 1 heterocycles. The molecule has 0 atom stereocenters. The lowest BCUT2D eigenvalue weighted by Crippen LogP contribution is -2.44. The number of rotatable bonds is 5. The summed E-state index contributed by atoms with van der Waals surface area (Å²) in [6.07, 6.45) is 1.11. The number of hydrogen-bond acceptors (Lipinski definition) is 1. The van der Waals surface area contributed by atoms with Gasteiger partial charge in [-0.2, -0.15) is 13.2 Å². The predicted octanol–water partition coefficient (Wildman–Crippen LogP) is 3.08. The van der Waals surface area contributed by atoms with Gasteiger partial charge in [-0.1, -0.05) is 6.92 Å². The maximum Gasteiger partial charge on any atom is 0.406 e. The van der Waals surface area contributed by atoms with Crippen LogP contribution in [0.15, 0.2) is 18.5 Å². The number of alkyl halides is 3. The molecule has 1 saturated carbocycles. The van der Waals surface area contributed by atoms with Crippen LogP contribution in [0.1, 0.15) is 31.7 Å². The Balaban J connectivity index is 1.90. The molecule has 0 amide bonds. The van der Waals surface area contributed by atoms with Crippen LogP contribution in [-0.4, -0.2) is 16.3 Å². The first-order valence-corrected chi connectivity index (χ1v) is 5.93. The fourth-order valence-electron chi connectivity index (χ4n) is 1.95. The molecule has 0 aliphatic heterocycles. The van der Waals surface area contributed by atoms with Crippen molar-refractivity contribution in [2.45, 2.75) is 51.0 Å². The zero-order valence-electron chi connectivity index (χ0n) is 9.85. The van der Waals surface area contributed by atoms with E-state index in [1.54, 1.807) is 0 Å². The van der Waals surface area contributed by atoms with E-state index in [0.29, 0.717) is 0 Å². The molecule has 1 aliphatic rings. The van der Waals surface area contributed by atoms with Gasteiger partial charge in [-0.3, -0.25) is 5.32 Å². The van der Waals surface area contributed by atoms with Crippen LogP contribution in [0.25, 0.3) is 0 Å². The summed E-state index contributed by atoms with van der Waals surface area (Å²) in [5.41, 5.74) is -0.700. The first-order valence-electron chi connectivity index (χ1n) is 5.93. The zero-order valence-corrected chi connectivity index (χ0v) is 9.85. The number of hydrogen-bond donors (Lipinski definition) is 1. The third-order valence-corrected chi connectivity index (χ3v) is 3.22. The van der Waals surface area contributed by atoms with Gasteiger partial charge in [0.25, 0.3) is 0 Å². The van der Waals surface area contributed by atoms with Crippen molar-refractivity contribution in [3.8, 4) is 0 Å². The number of nitrogens with zero attached hydrogens (tertiary/aromatic N) is 1. The maximum atomic E-state index is 12.7. The Morgan fingerprint density at radius 1 is 1.41 bits per heavy atom. The van der Waals surface area contributed by atoms with Crippen LogP contribution in [0, 0.1) is 0 Å². The van der Waals surface area contributed by atoms with Crippen LogP contribution < -0.4 is 5.32 Å². The zero-order chi connectivity index (χ0) is 12.5. The molecule has 0 saturated heterocycles. The van der Waals surface area contributed by atoms with Gasteiger partial charge < -0.3 is 4.57 Å². The molecule has 0 bridgehead atoms. The second-order valence-electron chi connectivity index (χ2n) is 4.69. The molecule has 96 valence electrons. The summed E-state index contributed by atoms with van der Waals surface area (Å²) in [5, 5.41) is 2.64. The van der Waals surface area contributed by atoms with Crippen LogP contribution in [-0.2, 0) is 13.1 Å². The molecule has 1 aliphatic carbocycles. The van der Waals surface area contributed by atoms with Gasteiger partial charge in [0.2, 0.25) is 0 Å². The van der Waals surface area contributed by atoms with E-state index in [0.717, 1.165) is 18.5 Å². The van der Waals surface area contributed by atoms with Gasteiger partial charge >= 0.3 is 6.18 Å². The average Bonchev–Trinajstić information content (AvgIpc) is 2.92. The number of aromatic nitrogens is 1. The summed E-state index contributed by atoms with van der Waals surface area (Å²) in [6.45, 7) is 3.27. The molecule has 0 aromatic carbocycles. The van der Waals surface area contributed by atoms with E-state index in [9.17, 15) is 13.2 Å². The Labute approximate surface area is 98.8 Å². The predicted molar refractivity (Wildman–Crippen MR) is 59.6 cm³/mol. The van der Waals surface area contributed by atoms with E-state index in [-0.39, 0.29) is 19.4 Å². The van der Waals surface area contributed by atoms with E-state index < -0.39 is 11.7 Å². The van der Waals surface area contributed by atoms with E-state index in [1.807, 2.05) is 23.0 Å². The van der Waals surface area contributed by atoms with E-state index >= 15 is 0 Å². The lowest BCUT2D eigenvalue weighted by Gasteiger charge is -2.20. The fourth-order valence-corrected chi connectivity index (χ4v) is 1.95. The largest absolute Gasteiger partial charge is 0.406 e. The first-order chi connectivity index (χ1) is 7.97. The van der Waals surface area contributed by atoms with Crippen molar-refractivity contribution < 1.29 is 13.2 Å². The minimum atomic E-state index is -4.13. The number of halogens is 3. The molecule has 1 aromatic rings. The second kappa shape index (κ2) is 4.37. The molecule has 17 heavy (non-hydrogen) atoms. The lowest BCUT2D eigenvalue weighted by molar-refractivity contribution is -0.166. The summed E-state index contributed by atoms with van der Waals surface area (Å²) < 4.78 is 40.0. The van der Waals surface area contributed by atoms with Gasteiger partial charge in [-0.05, 0) is 30.9 Å². The monoisotopic (exact) mass is 246 g/mol. The molecule has 1 fully saturated rings. The van der Waals surface area contributed by atoms with E-state index in [2.05, 4.69) is 12.2 Å². The molecule has 1 N–H and O–H groups in total. The third kappa shape index (κ3) is 2.65. The summed E-state index contributed by atoms with van der Waals surface area (Å²) in [4.78, 5) is 0. The molecular formula is C12H17F3N2. The van der Waals surface area contributed by atoms with Gasteiger partial charge in [-0.25, -0.2) is 0 Å². The van der Waals surface area contributed by atoms with Crippen LogP contribution in [0.3, 0.4) is 0 Å². The first kappa shape index (κ1) is 12.5. The summed E-state index contributed by atoms with van der Waals surface area (Å²) >= 11 is 0. The summed E-state index contributed by atoms with van der Waals surface area (Å²) in [7, 11) is 0. The van der Waals surface area contributed by atoms with E-state index in [1.165, 1.54) is 0 Å². The number of aryl methyl sites for hydroxylation is 1. The minimum absolute atomic E-state index is 0.201. The summed E-state index contributed by atoms with van der Waals surface area (Å²) in [5.74, 6) is 0. The van der Waals surface area contributed by atoms with Gasteiger partial charge in [0.1, 0.15) is 5.54 Å². The van der Waals surface area contributed by atoms with Gasteiger partial charge in [0.05, 0.1) is 0 Å². The van der Waals surface area contributed by atoms with Crippen molar-refractivity contribution in [3.63, 3.8) is 0 Å². The summed E-state index contributed by atoms with van der Waals surface area (Å²) in [6, 6.07) is 1.87. The smallest absolute Gasteiger partial charge is 0.354 e. The van der Waals surface area contributed by atoms with Crippen molar-refractivity contribution in [2.75, 3.05) is 0 Å². The van der Waals surface area contributed by atoms with Crippen molar-refractivity contribution in [1.29, 1.82) is 0 Å². The average molecular weight is 246 g/mol. The minimum Gasteiger partial charge on any atom is -0.354 e. The van der Waals surface area contributed by atoms with Crippen LogP contribution in [0.4, 0.5) is 13.2 Å². The highest BCUT2D eigenvalue weighted by atomic mass is 19.4. The molecule has 1 aromatic heterocycles. The van der Waals surface area contributed by atoms with E-state index in [4.69, 9.17) is 0 Å². The third-order valence-electron chi connectivity index (χ3n) is 3.22. The van der Waals surface area contributed by atoms with Crippen molar-refractivity contribution >= 4 is 0 Å². The topological polar surface area (TPSA) is 17.0 Å². The molecule has 0 radical (unpaired) electrons. The normalized spacial score (nSPS) is 18.4. The number of nitrogens with one attached hydrogen (secondary N) is 1. The molecule has 2 nitrogen and oxygen atoms in total. The highest BCUT2D eigenvalue weighted by molar-refractivity contribution is 5.14. The molecule has 0 unspecified atom stereocenters.